The highest BCUT2D eigenvalue weighted by Crippen LogP contribution is 2.07. The number of hydrogen-bond donors (Lipinski definition) is 9. The number of imidazole rings is 1. The smallest absolute Gasteiger partial charge is 0.326 e. The van der Waals surface area contributed by atoms with Gasteiger partial charge in [0.15, 0.2) is 5.96 Å². The first kappa shape index (κ1) is 32.2. The number of nitrogens with one attached hydrogen (secondary N) is 4. The lowest BCUT2D eigenvalue weighted by Crippen LogP contribution is -2.58. The Morgan fingerprint density at radius 2 is 1.54 bits per heavy atom. The highest BCUT2D eigenvalue weighted by Gasteiger charge is 2.31. The Morgan fingerprint density at radius 1 is 0.902 bits per heavy atom. The first-order valence-electron chi connectivity index (χ1n) is 12.7. The molecule has 0 aliphatic rings. The summed E-state index contributed by atoms with van der Waals surface area (Å²) in [5.74, 6) is -4.72. The number of aliphatic imine (C=N–C) groups is 1. The number of guanidine groups is 1. The van der Waals surface area contributed by atoms with E-state index in [0.29, 0.717) is 17.7 Å². The van der Waals surface area contributed by atoms with Gasteiger partial charge in [-0.05, 0) is 18.4 Å². The third-order valence-electron chi connectivity index (χ3n) is 5.85. The minimum absolute atomic E-state index is 0.00589. The summed E-state index contributed by atoms with van der Waals surface area (Å²) in [5.41, 5.74) is 22.8. The molecule has 0 aliphatic carbocycles. The second kappa shape index (κ2) is 16.2. The fourth-order valence-corrected chi connectivity index (χ4v) is 3.76. The molecule has 0 fully saturated rings. The molecule has 2 rings (SSSR count). The minimum Gasteiger partial charge on any atom is -0.480 e. The average Bonchev–Trinajstić information content (AvgIpc) is 3.43. The quantitative estimate of drug-likeness (QED) is 0.0525. The average molecular weight is 573 g/mol. The predicted octanol–water partition coefficient (Wildman–Crippen LogP) is -3.01. The monoisotopic (exact) mass is 572 g/mol. The van der Waals surface area contributed by atoms with Crippen LogP contribution in [0.25, 0.3) is 0 Å². The number of rotatable bonds is 17. The van der Waals surface area contributed by atoms with Crippen molar-refractivity contribution in [1.29, 1.82) is 0 Å². The van der Waals surface area contributed by atoms with Crippen LogP contribution in [0.15, 0.2) is 47.8 Å². The van der Waals surface area contributed by atoms with Crippen LogP contribution in [0.1, 0.15) is 30.5 Å². The van der Waals surface area contributed by atoms with Crippen molar-refractivity contribution < 1.29 is 29.1 Å². The number of aromatic nitrogens is 2. The molecule has 0 saturated carbocycles. The van der Waals surface area contributed by atoms with Crippen LogP contribution in [0.5, 0.6) is 0 Å². The molecular formula is C25H36N10O6. The Labute approximate surface area is 235 Å². The lowest BCUT2D eigenvalue weighted by atomic mass is 10.0. The van der Waals surface area contributed by atoms with Gasteiger partial charge in [0, 0.05) is 31.3 Å². The summed E-state index contributed by atoms with van der Waals surface area (Å²) in [7, 11) is 0. The number of nitrogens with two attached hydrogens (primary N) is 4. The third-order valence-corrected chi connectivity index (χ3v) is 5.85. The molecule has 0 aliphatic heterocycles. The number of nitrogens with zero attached hydrogens (tertiary/aromatic N) is 2. The molecule has 16 heteroatoms. The molecule has 1 aromatic heterocycles. The Morgan fingerprint density at radius 3 is 2.12 bits per heavy atom. The largest absolute Gasteiger partial charge is 0.480 e. The molecule has 0 spiro atoms. The van der Waals surface area contributed by atoms with Gasteiger partial charge in [0.05, 0.1) is 18.8 Å². The number of carboxylic acids is 1. The van der Waals surface area contributed by atoms with Crippen molar-refractivity contribution in [2.75, 3.05) is 6.54 Å². The van der Waals surface area contributed by atoms with Gasteiger partial charge in [-0.3, -0.25) is 24.2 Å². The zero-order valence-corrected chi connectivity index (χ0v) is 22.3. The predicted molar refractivity (Wildman–Crippen MR) is 148 cm³/mol. The van der Waals surface area contributed by atoms with E-state index in [9.17, 15) is 29.1 Å². The van der Waals surface area contributed by atoms with Crippen LogP contribution in [-0.4, -0.2) is 81.3 Å². The van der Waals surface area contributed by atoms with E-state index in [-0.39, 0.29) is 31.8 Å². The molecule has 0 saturated heterocycles. The number of primary amides is 1. The normalized spacial score (nSPS) is 13.6. The number of H-pyrrole nitrogens is 1. The molecule has 2 aromatic rings. The van der Waals surface area contributed by atoms with Crippen molar-refractivity contribution in [2.45, 2.75) is 56.3 Å². The second-order valence-corrected chi connectivity index (χ2v) is 9.22. The van der Waals surface area contributed by atoms with Gasteiger partial charge in [-0.2, -0.15) is 0 Å². The fraction of sp³-hybridized carbons (Fsp3) is 0.400. The van der Waals surface area contributed by atoms with Crippen molar-refractivity contribution >= 4 is 35.6 Å². The first-order chi connectivity index (χ1) is 19.5. The van der Waals surface area contributed by atoms with Gasteiger partial charge in [-0.25, -0.2) is 9.78 Å². The molecule has 41 heavy (non-hydrogen) atoms. The highest BCUT2D eigenvalue weighted by molar-refractivity contribution is 5.96. The molecular weight excluding hydrogens is 536 g/mol. The van der Waals surface area contributed by atoms with Gasteiger partial charge in [0.1, 0.15) is 18.1 Å². The van der Waals surface area contributed by atoms with Crippen molar-refractivity contribution in [1.82, 2.24) is 25.9 Å². The zero-order chi connectivity index (χ0) is 30.4. The number of carbonyl (C=O) groups excluding carboxylic acids is 4. The van der Waals surface area contributed by atoms with Crippen LogP contribution in [0.4, 0.5) is 0 Å². The molecule has 222 valence electrons. The molecule has 4 atom stereocenters. The summed E-state index contributed by atoms with van der Waals surface area (Å²) in [5, 5.41) is 17.0. The van der Waals surface area contributed by atoms with E-state index in [1.807, 2.05) is 0 Å². The van der Waals surface area contributed by atoms with Crippen molar-refractivity contribution in [3.63, 3.8) is 0 Å². The van der Waals surface area contributed by atoms with Crippen LogP contribution >= 0.6 is 0 Å². The fourth-order valence-electron chi connectivity index (χ4n) is 3.76. The number of aromatic amines is 1. The molecule has 0 radical (unpaired) electrons. The second-order valence-electron chi connectivity index (χ2n) is 9.22. The van der Waals surface area contributed by atoms with E-state index < -0.39 is 60.2 Å². The zero-order valence-electron chi connectivity index (χ0n) is 22.3. The molecule has 1 aromatic carbocycles. The topological polar surface area (TPSA) is 287 Å². The van der Waals surface area contributed by atoms with Gasteiger partial charge in [0.2, 0.25) is 23.6 Å². The van der Waals surface area contributed by atoms with Gasteiger partial charge < -0.3 is 49.0 Å². The molecule has 1 heterocycles. The summed E-state index contributed by atoms with van der Waals surface area (Å²) < 4.78 is 0. The van der Waals surface area contributed by atoms with Crippen molar-refractivity contribution in [3.05, 3.63) is 54.1 Å². The molecule has 0 bridgehead atoms. The van der Waals surface area contributed by atoms with E-state index in [2.05, 4.69) is 30.9 Å². The number of carboxylic acid groups (broad SMARTS) is 1. The minimum atomic E-state index is -1.46. The highest BCUT2D eigenvalue weighted by atomic mass is 16.4. The molecule has 13 N–H and O–H groups in total. The Kier molecular flexibility index (Phi) is 12.7. The van der Waals surface area contributed by atoms with E-state index in [1.165, 1.54) is 12.5 Å². The standard InChI is InChI=1S/C25H36N10O6/c26-16(7-4-8-31-25(28)29)21(37)33-18(11-20(27)36)23(39)34-17(10-15-12-30-13-32-15)22(38)35-19(24(40)41)9-14-5-2-1-3-6-14/h1-3,5-6,12-13,16-19H,4,7-11,26H2,(H2,27,36)(H,30,32)(H,33,37)(H,34,39)(H,35,38)(H,40,41)(H4,28,29,31). The number of hydrogen-bond acceptors (Lipinski definition) is 8. The van der Waals surface area contributed by atoms with Gasteiger partial charge >= 0.3 is 5.97 Å². The Bertz CT molecular complexity index is 1200. The number of amides is 4. The third kappa shape index (κ3) is 11.7. The van der Waals surface area contributed by atoms with Crippen LogP contribution in [0, 0.1) is 0 Å². The first-order valence-corrected chi connectivity index (χ1v) is 12.7. The maximum atomic E-state index is 13.2. The molecule has 16 nitrogen and oxygen atoms in total. The van der Waals surface area contributed by atoms with Crippen LogP contribution in [0.2, 0.25) is 0 Å². The summed E-state index contributed by atoms with van der Waals surface area (Å²) in [6.45, 7) is 0.237. The van der Waals surface area contributed by atoms with E-state index in [1.54, 1.807) is 30.3 Å². The van der Waals surface area contributed by atoms with E-state index in [4.69, 9.17) is 22.9 Å². The lowest BCUT2D eigenvalue weighted by Gasteiger charge is -2.24. The number of carbonyl (C=O) groups is 5. The maximum absolute atomic E-state index is 13.2. The van der Waals surface area contributed by atoms with Crippen molar-refractivity contribution in [3.8, 4) is 0 Å². The van der Waals surface area contributed by atoms with E-state index in [0.717, 1.165) is 0 Å². The van der Waals surface area contributed by atoms with E-state index >= 15 is 0 Å². The summed E-state index contributed by atoms with van der Waals surface area (Å²) >= 11 is 0. The van der Waals surface area contributed by atoms with Crippen LogP contribution in [0.3, 0.4) is 0 Å². The van der Waals surface area contributed by atoms with Crippen LogP contribution < -0.4 is 38.9 Å². The maximum Gasteiger partial charge on any atom is 0.326 e. The summed E-state index contributed by atoms with van der Waals surface area (Å²) in [4.78, 5) is 73.1. The molecule has 4 unspecified atom stereocenters. The Balaban J connectivity index is 2.15. The van der Waals surface area contributed by atoms with Gasteiger partial charge in [-0.15, -0.1) is 0 Å². The summed E-state index contributed by atoms with van der Waals surface area (Å²) in [6.07, 6.45) is 2.66. The number of benzene rings is 1. The SMILES string of the molecule is NC(=O)CC(NC(=O)C(N)CCCN=C(N)N)C(=O)NC(Cc1cnc[nH]1)C(=O)NC(Cc1ccccc1)C(=O)O. The molecule has 4 amide bonds. The van der Waals surface area contributed by atoms with Gasteiger partial charge in [-0.1, -0.05) is 30.3 Å². The Hall–Kier alpha value is -4.99. The van der Waals surface area contributed by atoms with Crippen molar-refractivity contribution in [2.24, 2.45) is 27.9 Å². The van der Waals surface area contributed by atoms with Crippen LogP contribution in [-0.2, 0) is 36.8 Å². The number of aliphatic carboxylic acids is 1. The summed E-state index contributed by atoms with van der Waals surface area (Å²) in [6, 6.07) is 3.56. The lowest BCUT2D eigenvalue weighted by molar-refractivity contribution is -0.142. The van der Waals surface area contributed by atoms with Gasteiger partial charge in [0.25, 0.3) is 0 Å².